The summed E-state index contributed by atoms with van der Waals surface area (Å²) in [4.78, 5) is 0. The van der Waals surface area contributed by atoms with Crippen molar-refractivity contribution < 1.29 is 4.74 Å². The monoisotopic (exact) mass is 294 g/mol. The van der Waals surface area contributed by atoms with Crippen LogP contribution in [0.1, 0.15) is 19.8 Å². The van der Waals surface area contributed by atoms with E-state index in [2.05, 4.69) is 35.1 Å². The lowest BCUT2D eigenvalue weighted by molar-refractivity contribution is 0.133. The molecule has 0 atom stereocenters. The van der Waals surface area contributed by atoms with Gasteiger partial charge in [-0.1, -0.05) is 31.0 Å². The van der Waals surface area contributed by atoms with E-state index in [9.17, 15) is 0 Å². The maximum absolute atomic E-state index is 6.17. The van der Waals surface area contributed by atoms with E-state index in [0.717, 1.165) is 49.7 Å². The topological polar surface area (TPSA) is 26.2 Å². The van der Waals surface area contributed by atoms with Gasteiger partial charge in [0.2, 0.25) is 0 Å². The molecule has 1 aromatic carbocycles. The molecule has 3 nitrogen and oxygen atoms in total. The highest BCUT2D eigenvalue weighted by atomic mass is 35.5. The van der Waals surface area contributed by atoms with Crippen molar-refractivity contribution in [2.24, 2.45) is 0 Å². The Bertz CT molecular complexity index is 524. The van der Waals surface area contributed by atoms with E-state index in [1.165, 1.54) is 11.9 Å². The average Bonchev–Trinajstić information content (AvgIpc) is 2.87. The maximum atomic E-state index is 6.17. The van der Waals surface area contributed by atoms with Crippen molar-refractivity contribution in [3.63, 3.8) is 0 Å². The Kier molecular flexibility index (Phi) is 6.37. The van der Waals surface area contributed by atoms with Crippen molar-refractivity contribution in [2.45, 2.75) is 26.3 Å². The molecule has 0 unspecified atom stereocenters. The van der Waals surface area contributed by atoms with E-state index < -0.39 is 0 Å². The summed E-state index contributed by atoms with van der Waals surface area (Å²) >= 11 is 6.17. The summed E-state index contributed by atoms with van der Waals surface area (Å²) in [6, 6.07) is 8.11. The van der Waals surface area contributed by atoms with Gasteiger partial charge < -0.3 is 14.6 Å². The number of nitrogens with one attached hydrogen (secondary N) is 1. The van der Waals surface area contributed by atoms with Gasteiger partial charge in [-0.15, -0.1) is 0 Å². The van der Waals surface area contributed by atoms with E-state index in [4.69, 9.17) is 16.3 Å². The van der Waals surface area contributed by atoms with Gasteiger partial charge in [-0.2, -0.15) is 0 Å². The van der Waals surface area contributed by atoms with Crippen LogP contribution in [0.3, 0.4) is 0 Å². The summed E-state index contributed by atoms with van der Waals surface area (Å²) in [5.41, 5.74) is 1.19. The van der Waals surface area contributed by atoms with Gasteiger partial charge in [0.1, 0.15) is 0 Å². The number of aromatic nitrogens is 1. The number of ether oxygens (including phenoxy) is 1. The lowest BCUT2D eigenvalue weighted by Crippen LogP contribution is -2.24. The van der Waals surface area contributed by atoms with Gasteiger partial charge in [-0.25, -0.2) is 0 Å². The van der Waals surface area contributed by atoms with Gasteiger partial charge in [-0.05, 0) is 24.6 Å². The molecule has 1 N–H and O–H groups in total. The van der Waals surface area contributed by atoms with Crippen LogP contribution in [0.25, 0.3) is 10.9 Å². The molecule has 0 fully saturated rings. The molecule has 20 heavy (non-hydrogen) atoms. The Labute approximate surface area is 125 Å². The van der Waals surface area contributed by atoms with Crippen molar-refractivity contribution in [3.8, 4) is 0 Å². The molecule has 4 heteroatoms. The van der Waals surface area contributed by atoms with E-state index in [0.29, 0.717) is 0 Å². The number of nitrogens with zero attached hydrogens (tertiary/aromatic N) is 1. The molecule has 2 rings (SSSR count). The third kappa shape index (κ3) is 4.23. The summed E-state index contributed by atoms with van der Waals surface area (Å²) < 4.78 is 7.74. The molecule has 0 aliphatic rings. The quantitative estimate of drug-likeness (QED) is 0.714. The first-order chi connectivity index (χ1) is 9.83. The van der Waals surface area contributed by atoms with Crippen LogP contribution in [0.2, 0.25) is 5.02 Å². The fraction of sp³-hybridized carbons (Fsp3) is 0.500. The summed E-state index contributed by atoms with van der Waals surface area (Å²) in [5.74, 6) is 0. The molecule has 0 bridgehead atoms. The number of halogens is 1. The zero-order valence-corrected chi connectivity index (χ0v) is 12.8. The van der Waals surface area contributed by atoms with Crippen molar-refractivity contribution in [2.75, 3.05) is 26.3 Å². The minimum absolute atomic E-state index is 0.790. The second-order valence-electron chi connectivity index (χ2n) is 4.90. The van der Waals surface area contributed by atoms with Gasteiger partial charge in [0.05, 0.1) is 6.61 Å². The maximum Gasteiger partial charge on any atom is 0.0590 e. The minimum Gasteiger partial charge on any atom is -0.380 e. The molecule has 0 saturated heterocycles. The van der Waals surface area contributed by atoms with Gasteiger partial charge in [0.15, 0.2) is 0 Å². The normalized spacial score (nSPS) is 11.3. The van der Waals surface area contributed by atoms with Crippen LogP contribution in [-0.4, -0.2) is 30.9 Å². The van der Waals surface area contributed by atoms with Gasteiger partial charge in [0.25, 0.3) is 0 Å². The van der Waals surface area contributed by atoms with Gasteiger partial charge in [0, 0.05) is 48.4 Å². The van der Waals surface area contributed by atoms with Crippen LogP contribution in [0.15, 0.2) is 30.5 Å². The largest absolute Gasteiger partial charge is 0.380 e. The molecule has 0 amide bonds. The third-order valence-electron chi connectivity index (χ3n) is 3.36. The summed E-state index contributed by atoms with van der Waals surface area (Å²) in [5, 5.41) is 5.34. The molecule has 110 valence electrons. The predicted molar refractivity (Wildman–Crippen MR) is 85.5 cm³/mol. The lowest BCUT2D eigenvalue weighted by Gasteiger charge is -2.08. The van der Waals surface area contributed by atoms with E-state index in [1.807, 2.05) is 12.1 Å². The molecular weight excluding hydrogens is 272 g/mol. The number of hydrogen-bond acceptors (Lipinski definition) is 2. The number of hydrogen-bond donors (Lipinski definition) is 1. The predicted octanol–water partition coefficient (Wildman–Crippen LogP) is 3.70. The first-order valence-corrected chi connectivity index (χ1v) is 7.72. The zero-order chi connectivity index (χ0) is 14.2. The van der Waals surface area contributed by atoms with Crippen molar-refractivity contribution in [1.29, 1.82) is 0 Å². The van der Waals surface area contributed by atoms with Gasteiger partial charge in [-0.3, -0.25) is 0 Å². The zero-order valence-electron chi connectivity index (χ0n) is 12.1. The third-order valence-corrected chi connectivity index (χ3v) is 3.68. The lowest BCUT2D eigenvalue weighted by atomic mass is 10.2. The Morgan fingerprint density at radius 2 is 2.10 bits per heavy atom. The molecular formula is C16H23ClN2O. The number of unbranched alkanes of at least 4 members (excludes halogenated alkanes) is 1. The van der Waals surface area contributed by atoms with E-state index in [1.54, 1.807) is 0 Å². The molecule has 1 aromatic heterocycles. The first-order valence-electron chi connectivity index (χ1n) is 7.34. The number of fused-ring (bicyclic) bond motifs is 1. The summed E-state index contributed by atoms with van der Waals surface area (Å²) in [6.45, 7) is 6.63. The number of benzene rings is 1. The molecule has 0 aliphatic heterocycles. The smallest absolute Gasteiger partial charge is 0.0590 e. The second kappa shape index (κ2) is 8.30. The van der Waals surface area contributed by atoms with Crippen molar-refractivity contribution in [1.82, 2.24) is 9.88 Å². The Morgan fingerprint density at radius 1 is 1.20 bits per heavy atom. The Balaban J connectivity index is 1.70. The van der Waals surface area contributed by atoms with Crippen molar-refractivity contribution >= 4 is 22.5 Å². The fourth-order valence-electron chi connectivity index (χ4n) is 2.20. The summed E-state index contributed by atoms with van der Waals surface area (Å²) in [6.07, 6.45) is 4.43. The number of rotatable bonds is 9. The van der Waals surface area contributed by atoms with Crippen molar-refractivity contribution in [3.05, 3.63) is 35.5 Å². The first kappa shape index (κ1) is 15.4. The highest BCUT2D eigenvalue weighted by Gasteiger charge is 2.03. The highest BCUT2D eigenvalue weighted by Crippen LogP contribution is 2.23. The Hall–Kier alpha value is -1.03. The SMILES string of the molecule is CCCCOCCNCCn1ccc2c(Cl)cccc21. The van der Waals surface area contributed by atoms with Crippen LogP contribution >= 0.6 is 11.6 Å². The second-order valence-corrected chi connectivity index (χ2v) is 5.30. The van der Waals surface area contributed by atoms with Crippen LogP contribution in [0.4, 0.5) is 0 Å². The minimum atomic E-state index is 0.790. The molecule has 0 radical (unpaired) electrons. The Morgan fingerprint density at radius 3 is 2.95 bits per heavy atom. The molecule has 0 spiro atoms. The van der Waals surface area contributed by atoms with E-state index >= 15 is 0 Å². The summed E-state index contributed by atoms with van der Waals surface area (Å²) in [7, 11) is 0. The molecule has 2 aromatic rings. The average molecular weight is 295 g/mol. The standard InChI is InChI=1S/C16H23ClN2O/c1-2-3-12-20-13-9-18-8-11-19-10-7-14-15(17)5-4-6-16(14)19/h4-7,10,18H,2-3,8-9,11-13H2,1H3. The van der Waals surface area contributed by atoms with Crippen LogP contribution in [0, 0.1) is 0 Å². The van der Waals surface area contributed by atoms with E-state index in [-0.39, 0.29) is 0 Å². The van der Waals surface area contributed by atoms with Crippen LogP contribution in [0.5, 0.6) is 0 Å². The van der Waals surface area contributed by atoms with Crippen LogP contribution in [-0.2, 0) is 11.3 Å². The van der Waals surface area contributed by atoms with Crippen LogP contribution < -0.4 is 5.32 Å². The fourth-order valence-corrected chi connectivity index (χ4v) is 2.43. The highest BCUT2D eigenvalue weighted by molar-refractivity contribution is 6.35. The molecule has 1 heterocycles. The molecule has 0 aliphatic carbocycles. The molecule has 0 saturated carbocycles. The van der Waals surface area contributed by atoms with Gasteiger partial charge >= 0.3 is 0 Å².